The van der Waals surface area contributed by atoms with E-state index in [4.69, 9.17) is 4.74 Å². The normalized spacial score (nSPS) is 20.3. The average Bonchev–Trinajstić information content (AvgIpc) is 3.16. The van der Waals surface area contributed by atoms with Gasteiger partial charge in [-0.1, -0.05) is 0 Å². The van der Waals surface area contributed by atoms with Gasteiger partial charge in [0.2, 0.25) is 0 Å². The number of guanidine groups is 1. The highest BCUT2D eigenvalue weighted by Crippen LogP contribution is 2.25. The molecule has 0 amide bonds. The Labute approximate surface area is 166 Å². The molecule has 1 aromatic rings. The van der Waals surface area contributed by atoms with Crippen LogP contribution in [0.15, 0.2) is 16.4 Å². The van der Waals surface area contributed by atoms with Gasteiger partial charge in [0.25, 0.3) is 0 Å². The third-order valence-corrected chi connectivity index (χ3v) is 6.67. The lowest BCUT2D eigenvalue weighted by atomic mass is 9.97. The number of esters is 1. The number of carbonyl (C=O) groups excluding carboxylic acids is 1. The van der Waals surface area contributed by atoms with E-state index in [2.05, 4.69) is 38.5 Å². The molecule has 0 radical (unpaired) electrons. The van der Waals surface area contributed by atoms with Crippen molar-refractivity contribution in [2.24, 2.45) is 10.9 Å². The molecule has 3 rings (SSSR count). The zero-order valence-corrected chi connectivity index (χ0v) is 17.6. The van der Waals surface area contributed by atoms with Crippen LogP contribution in [0.3, 0.4) is 0 Å². The Hall–Kier alpha value is -1.60. The summed E-state index contributed by atoms with van der Waals surface area (Å²) in [6.45, 7) is 9.35. The van der Waals surface area contributed by atoms with Crippen LogP contribution in [0.4, 0.5) is 0 Å². The zero-order chi connectivity index (χ0) is 19.2. The lowest BCUT2D eigenvalue weighted by Gasteiger charge is -2.36. The van der Waals surface area contributed by atoms with Crippen molar-refractivity contribution >= 4 is 23.3 Å². The molecule has 0 aromatic carbocycles. The first kappa shape index (κ1) is 20.1. The van der Waals surface area contributed by atoms with Crippen molar-refractivity contribution in [1.82, 2.24) is 15.1 Å². The summed E-state index contributed by atoms with van der Waals surface area (Å²) in [5.41, 5.74) is 1.49. The minimum atomic E-state index is -0.0494. The first-order valence-electron chi connectivity index (χ1n) is 10.0. The highest BCUT2D eigenvalue weighted by molar-refractivity contribution is 7.10. The minimum Gasteiger partial charge on any atom is -0.466 e. The standard InChI is InChI=1S/C20H32N4O2S/c1-4-26-19(25)16-5-9-23(10-6-16)20(21-3)22-13-15(2)24-11-7-18-17(14-24)8-12-27-18/h8,12,15-16H,4-7,9-11,13-14H2,1-3H3,(H,21,22). The second-order valence-electron chi connectivity index (χ2n) is 7.38. The van der Waals surface area contributed by atoms with E-state index in [1.165, 1.54) is 5.56 Å². The smallest absolute Gasteiger partial charge is 0.309 e. The summed E-state index contributed by atoms with van der Waals surface area (Å²) in [5.74, 6) is 0.926. The molecular weight excluding hydrogens is 360 g/mol. The number of rotatable bonds is 5. The molecule has 1 N–H and O–H groups in total. The van der Waals surface area contributed by atoms with E-state index < -0.39 is 0 Å². The fourth-order valence-electron chi connectivity index (χ4n) is 3.93. The lowest BCUT2D eigenvalue weighted by molar-refractivity contribution is -0.149. The van der Waals surface area contributed by atoms with Gasteiger partial charge >= 0.3 is 5.97 Å². The second kappa shape index (κ2) is 9.55. The van der Waals surface area contributed by atoms with E-state index in [0.717, 1.165) is 57.9 Å². The molecule has 0 aliphatic carbocycles. The number of nitrogens with one attached hydrogen (secondary N) is 1. The van der Waals surface area contributed by atoms with Gasteiger partial charge in [-0.25, -0.2) is 0 Å². The largest absolute Gasteiger partial charge is 0.466 e. The first-order valence-corrected chi connectivity index (χ1v) is 10.9. The van der Waals surface area contributed by atoms with Crippen LogP contribution in [0.5, 0.6) is 0 Å². The quantitative estimate of drug-likeness (QED) is 0.474. The molecule has 6 nitrogen and oxygen atoms in total. The molecule has 3 heterocycles. The van der Waals surface area contributed by atoms with Gasteiger partial charge < -0.3 is 15.0 Å². The van der Waals surface area contributed by atoms with Crippen LogP contribution in [-0.4, -0.2) is 67.6 Å². The van der Waals surface area contributed by atoms with Crippen LogP contribution in [0.1, 0.15) is 37.1 Å². The van der Waals surface area contributed by atoms with Gasteiger partial charge in [-0.15, -0.1) is 11.3 Å². The summed E-state index contributed by atoms with van der Waals surface area (Å²) in [7, 11) is 1.84. The van der Waals surface area contributed by atoms with Gasteiger partial charge in [-0.2, -0.15) is 0 Å². The number of likely N-dealkylation sites (tertiary alicyclic amines) is 1. The highest BCUT2D eigenvalue weighted by Gasteiger charge is 2.28. The monoisotopic (exact) mass is 392 g/mol. The van der Waals surface area contributed by atoms with Gasteiger partial charge in [-0.3, -0.25) is 14.7 Å². The molecule has 1 aromatic heterocycles. The van der Waals surface area contributed by atoms with E-state index in [9.17, 15) is 4.79 Å². The predicted molar refractivity (Wildman–Crippen MR) is 110 cm³/mol. The number of nitrogens with zero attached hydrogens (tertiary/aromatic N) is 3. The molecule has 27 heavy (non-hydrogen) atoms. The van der Waals surface area contributed by atoms with E-state index in [0.29, 0.717) is 12.6 Å². The zero-order valence-electron chi connectivity index (χ0n) is 16.7. The average molecular weight is 393 g/mol. The van der Waals surface area contributed by atoms with E-state index in [-0.39, 0.29) is 11.9 Å². The fourth-order valence-corrected chi connectivity index (χ4v) is 4.82. The van der Waals surface area contributed by atoms with Crippen LogP contribution < -0.4 is 5.32 Å². The molecule has 150 valence electrons. The second-order valence-corrected chi connectivity index (χ2v) is 8.38. The fraction of sp³-hybridized carbons (Fsp3) is 0.700. The van der Waals surface area contributed by atoms with Crippen LogP contribution in [0.2, 0.25) is 0 Å². The predicted octanol–water partition coefficient (Wildman–Crippen LogP) is 2.35. The molecular formula is C20H32N4O2S. The highest BCUT2D eigenvalue weighted by atomic mass is 32.1. The van der Waals surface area contributed by atoms with Crippen molar-refractivity contribution in [3.63, 3.8) is 0 Å². The molecule has 1 saturated heterocycles. The Morgan fingerprint density at radius 3 is 2.89 bits per heavy atom. The van der Waals surface area contributed by atoms with Crippen molar-refractivity contribution in [3.05, 3.63) is 21.9 Å². The number of ether oxygens (including phenoxy) is 1. The van der Waals surface area contributed by atoms with Crippen LogP contribution in [-0.2, 0) is 22.5 Å². The van der Waals surface area contributed by atoms with Crippen LogP contribution >= 0.6 is 11.3 Å². The number of carbonyl (C=O) groups is 1. The molecule has 2 aliphatic rings. The minimum absolute atomic E-state index is 0.0337. The summed E-state index contributed by atoms with van der Waals surface area (Å²) in [6.07, 6.45) is 2.83. The van der Waals surface area contributed by atoms with Gasteiger partial charge in [0, 0.05) is 50.7 Å². The molecule has 0 saturated carbocycles. The Bertz CT molecular complexity index is 652. The maximum Gasteiger partial charge on any atom is 0.309 e. The van der Waals surface area contributed by atoms with Crippen LogP contribution in [0.25, 0.3) is 0 Å². The Morgan fingerprint density at radius 2 is 2.19 bits per heavy atom. The van der Waals surface area contributed by atoms with Crippen molar-refractivity contribution in [1.29, 1.82) is 0 Å². The maximum atomic E-state index is 11.9. The number of piperidine rings is 1. The molecule has 0 spiro atoms. The van der Waals surface area contributed by atoms with E-state index >= 15 is 0 Å². The van der Waals surface area contributed by atoms with Crippen LogP contribution in [0, 0.1) is 5.92 Å². The Kier molecular flexibility index (Phi) is 7.13. The molecule has 7 heteroatoms. The Morgan fingerprint density at radius 1 is 1.41 bits per heavy atom. The number of fused-ring (bicyclic) bond motifs is 1. The summed E-state index contributed by atoms with van der Waals surface area (Å²) in [4.78, 5) is 22.7. The van der Waals surface area contributed by atoms with Gasteiger partial charge in [0.05, 0.1) is 12.5 Å². The van der Waals surface area contributed by atoms with Crippen molar-refractivity contribution in [3.8, 4) is 0 Å². The number of thiophene rings is 1. The van der Waals surface area contributed by atoms with Crippen molar-refractivity contribution in [2.75, 3.05) is 39.8 Å². The van der Waals surface area contributed by atoms with Crippen molar-refractivity contribution in [2.45, 2.75) is 45.7 Å². The summed E-state index contributed by atoms with van der Waals surface area (Å²) in [6, 6.07) is 2.71. The van der Waals surface area contributed by atoms with Crippen molar-refractivity contribution < 1.29 is 9.53 Å². The molecule has 1 unspecified atom stereocenters. The maximum absolute atomic E-state index is 11.9. The number of hydrogen-bond donors (Lipinski definition) is 1. The number of hydrogen-bond acceptors (Lipinski definition) is 5. The lowest BCUT2D eigenvalue weighted by Crippen LogP contribution is -2.50. The van der Waals surface area contributed by atoms with E-state index in [1.54, 1.807) is 4.88 Å². The third-order valence-electron chi connectivity index (χ3n) is 5.64. The summed E-state index contributed by atoms with van der Waals surface area (Å²) >= 11 is 1.88. The molecule has 1 atom stereocenters. The van der Waals surface area contributed by atoms with Gasteiger partial charge in [-0.05, 0) is 50.1 Å². The third kappa shape index (κ3) is 5.02. The summed E-state index contributed by atoms with van der Waals surface area (Å²) < 4.78 is 5.16. The van der Waals surface area contributed by atoms with E-state index in [1.807, 2.05) is 25.3 Å². The molecule has 1 fully saturated rings. The van der Waals surface area contributed by atoms with Gasteiger partial charge in [0.1, 0.15) is 0 Å². The topological polar surface area (TPSA) is 57.2 Å². The number of aliphatic imine (C=N–C) groups is 1. The summed E-state index contributed by atoms with van der Waals surface area (Å²) in [5, 5.41) is 5.75. The SMILES string of the molecule is CCOC(=O)C1CCN(C(=NC)NCC(C)N2CCc3sccc3C2)CC1. The molecule has 2 aliphatic heterocycles. The molecule has 0 bridgehead atoms. The van der Waals surface area contributed by atoms with Gasteiger partial charge in [0.15, 0.2) is 5.96 Å². The Balaban J connectivity index is 1.45. The first-order chi connectivity index (χ1) is 13.1.